The van der Waals surface area contributed by atoms with E-state index in [9.17, 15) is 4.39 Å². The summed E-state index contributed by atoms with van der Waals surface area (Å²) in [6.45, 7) is 2.71. The summed E-state index contributed by atoms with van der Waals surface area (Å²) in [6.07, 6.45) is 2.59. The number of nitrogens with one attached hydrogen (secondary N) is 1. The van der Waals surface area contributed by atoms with E-state index < -0.39 is 5.82 Å². The van der Waals surface area contributed by atoms with Gasteiger partial charge in [0.1, 0.15) is 11.9 Å². The lowest BCUT2D eigenvalue weighted by Gasteiger charge is -2.14. The van der Waals surface area contributed by atoms with Gasteiger partial charge in [-0.2, -0.15) is 5.26 Å². The average molecular weight is 234 g/mol. The fourth-order valence-electron chi connectivity index (χ4n) is 2.02. The summed E-state index contributed by atoms with van der Waals surface area (Å²) in [5.41, 5.74) is 0.994. The zero-order valence-electron chi connectivity index (χ0n) is 9.74. The molecule has 0 bridgehead atoms. The van der Waals surface area contributed by atoms with Crippen molar-refractivity contribution in [1.82, 2.24) is 0 Å². The first kappa shape index (κ1) is 11.9. The Morgan fingerprint density at radius 3 is 3.00 bits per heavy atom. The molecule has 1 aromatic rings. The van der Waals surface area contributed by atoms with E-state index in [0.29, 0.717) is 23.9 Å². The van der Waals surface area contributed by atoms with Gasteiger partial charge in [-0.05, 0) is 38.0 Å². The van der Waals surface area contributed by atoms with Crippen LogP contribution < -0.4 is 5.32 Å². The number of rotatable bonds is 3. The van der Waals surface area contributed by atoms with Gasteiger partial charge in [-0.3, -0.25) is 0 Å². The Hall–Kier alpha value is -1.60. The molecule has 17 heavy (non-hydrogen) atoms. The number of hydrogen-bond donors (Lipinski definition) is 1. The van der Waals surface area contributed by atoms with Gasteiger partial charge in [0.25, 0.3) is 0 Å². The Morgan fingerprint density at radius 1 is 1.53 bits per heavy atom. The molecule has 90 valence electrons. The second kappa shape index (κ2) is 5.15. The third-order valence-corrected chi connectivity index (χ3v) is 2.94. The van der Waals surface area contributed by atoms with Gasteiger partial charge in [0.05, 0.1) is 23.5 Å². The predicted molar refractivity (Wildman–Crippen MR) is 63.2 cm³/mol. The van der Waals surface area contributed by atoms with Gasteiger partial charge < -0.3 is 10.1 Å². The molecule has 3 nitrogen and oxygen atoms in total. The lowest BCUT2D eigenvalue weighted by Crippen LogP contribution is -2.20. The molecule has 2 rings (SSSR count). The predicted octanol–water partition coefficient (Wildman–Crippen LogP) is 2.68. The van der Waals surface area contributed by atoms with Crippen molar-refractivity contribution in [3.05, 3.63) is 29.6 Å². The third-order valence-electron chi connectivity index (χ3n) is 2.94. The molecule has 0 saturated carbocycles. The molecule has 0 aromatic heterocycles. The number of anilines is 1. The molecule has 2 atom stereocenters. The fraction of sp³-hybridized carbons (Fsp3) is 0.462. The van der Waals surface area contributed by atoms with Crippen molar-refractivity contribution in [3.63, 3.8) is 0 Å². The van der Waals surface area contributed by atoms with E-state index >= 15 is 0 Å². The summed E-state index contributed by atoms with van der Waals surface area (Å²) in [5.74, 6) is -0.391. The first-order chi connectivity index (χ1) is 8.19. The van der Waals surface area contributed by atoms with Crippen LogP contribution in [0.3, 0.4) is 0 Å². The maximum absolute atomic E-state index is 12.9. The highest BCUT2D eigenvalue weighted by Crippen LogP contribution is 2.21. The number of nitriles is 1. The molecule has 0 amide bonds. The van der Waals surface area contributed by atoms with E-state index in [2.05, 4.69) is 12.2 Å². The summed E-state index contributed by atoms with van der Waals surface area (Å²) in [5, 5.41) is 12.0. The number of ether oxygens (including phenoxy) is 1. The van der Waals surface area contributed by atoms with Crippen molar-refractivity contribution in [2.45, 2.75) is 32.0 Å². The minimum absolute atomic E-state index is 0.182. The summed E-state index contributed by atoms with van der Waals surface area (Å²) < 4.78 is 18.6. The van der Waals surface area contributed by atoms with Crippen LogP contribution in [0.4, 0.5) is 10.1 Å². The molecule has 1 aliphatic heterocycles. The highest BCUT2D eigenvalue weighted by molar-refractivity contribution is 5.57. The van der Waals surface area contributed by atoms with Crippen LogP contribution in [0, 0.1) is 17.1 Å². The minimum Gasteiger partial charge on any atom is -0.381 e. The number of halogens is 1. The molecule has 1 fully saturated rings. The van der Waals surface area contributed by atoms with E-state index in [0.717, 1.165) is 12.8 Å². The highest BCUT2D eigenvalue weighted by Gasteiger charge is 2.21. The quantitative estimate of drug-likeness (QED) is 0.874. The summed E-state index contributed by atoms with van der Waals surface area (Å²) in [6, 6.07) is 6.15. The van der Waals surface area contributed by atoms with Crippen LogP contribution in [-0.4, -0.2) is 18.8 Å². The average Bonchev–Trinajstić information content (AvgIpc) is 2.73. The van der Waals surface area contributed by atoms with Gasteiger partial charge in [0.2, 0.25) is 0 Å². The lowest BCUT2D eigenvalue weighted by atomic mass is 10.1. The first-order valence-corrected chi connectivity index (χ1v) is 5.78. The number of hydrogen-bond acceptors (Lipinski definition) is 3. The van der Waals surface area contributed by atoms with Gasteiger partial charge in [0, 0.05) is 6.54 Å². The SMILES string of the molecule is CC1CCC(CNc2ccc(F)cc2C#N)O1. The molecular formula is C13H15FN2O. The molecule has 0 radical (unpaired) electrons. The van der Waals surface area contributed by atoms with Crippen LogP contribution in [0.2, 0.25) is 0 Å². The van der Waals surface area contributed by atoms with Crippen molar-refractivity contribution < 1.29 is 9.13 Å². The first-order valence-electron chi connectivity index (χ1n) is 5.78. The van der Waals surface area contributed by atoms with Crippen molar-refractivity contribution in [2.75, 3.05) is 11.9 Å². The Morgan fingerprint density at radius 2 is 2.35 bits per heavy atom. The molecule has 0 spiro atoms. The van der Waals surface area contributed by atoms with E-state index in [4.69, 9.17) is 10.00 Å². The topological polar surface area (TPSA) is 45.0 Å². The largest absolute Gasteiger partial charge is 0.381 e. The monoisotopic (exact) mass is 234 g/mol. The standard InChI is InChI=1S/C13H15FN2O/c1-9-2-4-12(17-9)8-16-13-5-3-11(14)6-10(13)7-15/h3,5-6,9,12,16H,2,4,8H2,1H3. The Bertz CT molecular complexity index is 442. The molecule has 1 N–H and O–H groups in total. The van der Waals surface area contributed by atoms with Crippen LogP contribution in [0.5, 0.6) is 0 Å². The number of nitrogens with zero attached hydrogens (tertiary/aromatic N) is 1. The van der Waals surface area contributed by atoms with Crippen LogP contribution >= 0.6 is 0 Å². The molecule has 2 unspecified atom stereocenters. The van der Waals surface area contributed by atoms with E-state index in [-0.39, 0.29) is 6.10 Å². The summed E-state index contributed by atoms with van der Waals surface area (Å²) in [4.78, 5) is 0. The van der Waals surface area contributed by atoms with E-state index in [1.54, 1.807) is 6.07 Å². The zero-order valence-corrected chi connectivity index (χ0v) is 9.74. The van der Waals surface area contributed by atoms with E-state index in [1.807, 2.05) is 6.07 Å². The molecule has 0 aliphatic carbocycles. The maximum Gasteiger partial charge on any atom is 0.124 e. The Labute approximate surface area is 100 Å². The summed E-state index contributed by atoms with van der Waals surface area (Å²) >= 11 is 0. The van der Waals surface area contributed by atoms with Crippen molar-refractivity contribution >= 4 is 5.69 Å². The second-order valence-electron chi connectivity index (χ2n) is 4.33. The fourth-order valence-corrected chi connectivity index (χ4v) is 2.02. The van der Waals surface area contributed by atoms with Crippen LogP contribution in [0.1, 0.15) is 25.3 Å². The van der Waals surface area contributed by atoms with Crippen molar-refractivity contribution in [3.8, 4) is 6.07 Å². The molecule has 1 heterocycles. The van der Waals surface area contributed by atoms with Crippen LogP contribution in [0.15, 0.2) is 18.2 Å². The molecule has 1 aliphatic rings. The minimum atomic E-state index is -0.391. The van der Waals surface area contributed by atoms with Crippen molar-refractivity contribution in [2.24, 2.45) is 0 Å². The molecular weight excluding hydrogens is 219 g/mol. The normalized spacial score (nSPS) is 23.4. The molecule has 1 aromatic carbocycles. The van der Waals surface area contributed by atoms with Crippen molar-refractivity contribution in [1.29, 1.82) is 5.26 Å². The van der Waals surface area contributed by atoms with Gasteiger partial charge >= 0.3 is 0 Å². The zero-order chi connectivity index (χ0) is 12.3. The second-order valence-corrected chi connectivity index (χ2v) is 4.33. The van der Waals surface area contributed by atoms with Gasteiger partial charge in [-0.1, -0.05) is 0 Å². The maximum atomic E-state index is 12.9. The van der Waals surface area contributed by atoms with Gasteiger partial charge in [-0.15, -0.1) is 0 Å². The smallest absolute Gasteiger partial charge is 0.124 e. The highest BCUT2D eigenvalue weighted by atomic mass is 19.1. The Balaban J connectivity index is 1.97. The summed E-state index contributed by atoms with van der Waals surface area (Å²) in [7, 11) is 0. The van der Waals surface area contributed by atoms with Crippen LogP contribution in [0.25, 0.3) is 0 Å². The lowest BCUT2D eigenvalue weighted by molar-refractivity contribution is 0.0637. The third kappa shape index (κ3) is 2.95. The van der Waals surface area contributed by atoms with E-state index in [1.165, 1.54) is 12.1 Å². The van der Waals surface area contributed by atoms with Gasteiger partial charge in [-0.25, -0.2) is 4.39 Å². The van der Waals surface area contributed by atoms with Crippen LogP contribution in [-0.2, 0) is 4.74 Å². The molecule has 4 heteroatoms. The number of benzene rings is 1. The van der Waals surface area contributed by atoms with Gasteiger partial charge in [0.15, 0.2) is 0 Å². The molecule has 1 saturated heterocycles. The Kier molecular flexibility index (Phi) is 3.60.